The molecule has 4 aromatic rings. The molecule has 6 heteroatoms. The number of benzene rings is 3. The summed E-state index contributed by atoms with van der Waals surface area (Å²) < 4.78 is 1.92. The summed E-state index contributed by atoms with van der Waals surface area (Å²) in [7, 11) is 0. The van der Waals surface area contributed by atoms with Gasteiger partial charge in [-0.05, 0) is 54.1 Å². The van der Waals surface area contributed by atoms with Crippen molar-refractivity contribution < 1.29 is 9.59 Å². The van der Waals surface area contributed by atoms with Gasteiger partial charge in [0, 0.05) is 28.7 Å². The molecule has 0 saturated heterocycles. The van der Waals surface area contributed by atoms with Crippen LogP contribution in [0.4, 0.5) is 11.4 Å². The number of fused-ring (bicyclic) bond motifs is 2. The molecule has 0 spiro atoms. The standard InChI is InChI=1S/C25H20N4O2/c30-24(18-6-2-1-3-7-18)27-21-12-10-19(11-13-21)25(31)28-17-22-14-15-26-29(22)16-20-8-4-5-9-23(20)28/h1-15H,16-17H2,(H,27,30). The lowest BCUT2D eigenvalue weighted by atomic mass is 10.1. The van der Waals surface area contributed by atoms with Crippen LogP contribution < -0.4 is 10.2 Å². The first-order valence-electron chi connectivity index (χ1n) is 10.1. The summed E-state index contributed by atoms with van der Waals surface area (Å²) in [5, 5.41) is 7.25. The maximum absolute atomic E-state index is 13.4. The van der Waals surface area contributed by atoms with Crippen LogP contribution in [0.3, 0.4) is 0 Å². The Morgan fingerprint density at radius 2 is 1.52 bits per heavy atom. The lowest BCUT2D eigenvalue weighted by Crippen LogP contribution is -2.30. The molecule has 0 atom stereocenters. The number of carbonyl (C=O) groups excluding carboxylic acids is 2. The quantitative estimate of drug-likeness (QED) is 0.548. The van der Waals surface area contributed by atoms with Crippen molar-refractivity contribution in [1.82, 2.24) is 9.78 Å². The number of carbonyl (C=O) groups is 2. The van der Waals surface area contributed by atoms with E-state index in [2.05, 4.69) is 10.4 Å². The van der Waals surface area contributed by atoms with Crippen molar-refractivity contribution in [3.05, 3.63) is 114 Å². The highest BCUT2D eigenvalue weighted by Crippen LogP contribution is 2.28. The maximum atomic E-state index is 13.4. The zero-order valence-corrected chi connectivity index (χ0v) is 16.7. The first-order valence-corrected chi connectivity index (χ1v) is 10.1. The van der Waals surface area contributed by atoms with Gasteiger partial charge in [0.2, 0.25) is 0 Å². The minimum atomic E-state index is -0.186. The van der Waals surface area contributed by atoms with Crippen LogP contribution in [-0.2, 0) is 13.1 Å². The third-order valence-corrected chi connectivity index (χ3v) is 5.40. The van der Waals surface area contributed by atoms with Gasteiger partial charge in [0.1, 0.15) is 0 Å². The summed E-state index contributed by atoms with van der Waals surface area (Å²) in [6.45, 7) is 1.08. The molecule has 0 radical (unpaired) electrons. The zero-order chi connectivity index (χ0) is 21.2. The van der Waals surface area contributed by atoms with Gasteiger partial charge in [-0.1, -0.05) is 36.4 Å². The van der Waals surface area contributed by atoms with E-state index in [9.17, 15) is 9.59 Å². The minimum absolute atomic E-state index is 0.0944. The largest absolute Gasteiger partial charge is 0.322 e. The number of nitrogens with one attached hydrogen (secondary N) is 1. The minimum Gasteiger partial charge on any atom is -0.322 e. The Hall–Kier alpha value is -4.19. The zero-order valence-electron chi connectivity index (χ0n) is 16.7. The van der Waals surface area contributed by atoms with Crippen molar-refractivity contribution in [2.75, 3.05) is 10.2 Å². The number of para-hydroxylation sites is 1. The maximum Gasteiger partial charge on any atom is 0.258 e. The van der Waals surface area contributed by atoms with Crippen molar-refractivity contribution in [3.63, 3.8) is 0 Å². The van der Waals surface area contributed by atoms with Gasteiger partial charge in [-0.15, -0.1) is 0 Å². The molecule has 2 heterocycles. The number of aromatic nitrogens is 2. The molecule has 1 aliphatic rings. The SMILES string of the molecule is O=C(Nc1ccc(C(=O)N2Cc3ccnn3Cc3ccccc32)cc1)c1ccccc1. The smallest absolute Gasteiger partial charge is 0.258 e. The Morgan fingerprint density at radius 3 is 2.32 bits per heavy atom. The van der Waals surface area contributed by atoms with Gasteiger partial charge in [0.25, 0.3) is 11.8 Å². The van der Waals surface area contributed by atoms with Crippen LogP contribution in [0.1, 0.15) is 32.0 Å². The van der Waals surface area contributed by atoms with Gasteiger partial charge in [-0.25, -0.2) is 0 Å². The molecule has 6 nitrogen and oxygen atoms in total. The highest BCUT2D eigenvalue weighted by Gasteiger charge is 2.25. The molecule has 0 saturated carbocycles. The molecular formula is C25H20N4O2. The van der Waals surface area contributed by atoms with E-state index >= 15 is 0 Å². The van der Waals surface area contributed by atoms with Crippen LogP contribution in [0, 0.1) is 0 Å². The Kier molecular flexibility index (Phi) is 4.80. The lowest BCUT2D eigenvalue weighted by Gasteiger charge is -2.22. The van der Waals surface area contributed by atoms with E-state index in [1.165, 1.54) is 0 Å². The summed E-state index contributed by atoms with van der Waals surface area (Å²) >= 11 is 0. The molecule has 152 valence electrons. The number of nitrogens with zero attached hydrogens (tertiary/aromatic N) is 3. The van der Waals surface area contributed by atoms with Crippen molar-refractivity contribution in [1.29, 1.82) is 0 Å². The number of hydrogen-bond donors (Lipinski definition) is 1. The number of rotatable bonds is 3. The highest BCUT2D eigenvalue weighted by molar-refractivity contribution is 6.07. The van der Waals surface area contributed by atoms with Gasteiger partial charge in [0.05, 0.1) is 18.8 Å². The number of anilines is 2. The molecule has 31 heavy (non-hydrogen) atoms. The molecule has 3 aromatic carbocycles. The first kappa shape index (κ1) is 18.8. The molecule has 0 fully saturated rings. The molecule has 1 aromatic heterocycles. The fourth-order valence-electron chi connectivity index (χ4n) is 3.78. The first-order chi connectivity index (χ1) is 15.2. The van der Waals surface area contributed by atoms with E-state index in [-0.39, 0.29) is 11.8 Å². The van der Waals surface area contributed by atoms with E-state index in [0.29, 0.717) is 29.9 Å². The van der Waals surface area contributed by atoms with Gasteiger partial charge in [-0.2, -0.15) is 5.10 Å². The molecule has 2 amide bonds. The van der Waals surface area contributed by atoms with Gasteiger partial charge >= 0.3 is 0 Å². The van der Waals surface area contributed by atoms with Crippen LogP contribution in [0.15, 0.2) is 91.1 Å². The summed E-state index contributed by atoms with van der Waals surface area (Å²) in [5.74, 6) is -0.280. The van der Waals surface area contributed by atoms with Crippen molar-refractivity contribution in [2.24, 2.45) is 0 Å². The second kappa shape index (κ2) is 7.91. The lowest BCUT2D eigenvalue weighted by molar-refractivity contribution is 0.0983. The molecule has 0 bridgehead atoms. The second-order valence-corrected chi connectivity index (χ2v) is 7.40. The summed E-state index contributed by atoms with van der Waals surface area (Å²) in [4.78, 5) is 27.5. The second-order valence-electron chi connectivity index (χ2n) is 7.40. The van der Waals surface area contributed by atoms with E-state index in [1.807, 2.05) is 53.2 Å². The van der Waals surface area contributed by atoms with Gasteiger partial charge < -0.3 is 10.2 Å². The third kappa shape index (κ3) is 3.71. The van der Waals surface area contributed by atoms with Gasteiger partial charge in [-0.3, -0.25) is 14.3 Å². The molecular weight excluding hydrogens is 388 g/mol. The summed E-state index contributed by atoms with van der Waals surface area (Å²) in [5.41, 5.74) is 4.70. The predicted molar refractivity (Wildman–Crippen MR) is 119 cm³/mol. The van der Waals surface area contributed by atoms with Crippen LogP contribution >= 0.6 is 0 Å². The predicted octanol–water partition coefficient (Wildman–Crippen LogP) is 4.34. The molecule has 1 N–H and O–H groups in total. The van der Waals surface area contributed by atoms with Crippen molar-refractivity contribution >= 4 is 23.2 Å². The summed E-state index contributed by atoms with van der Waals surface area (Å²) in [6, 6.07) is 25.9. The van der Waals surface area contributed by atoms with Gasteiger partial charge in [0.15, 0.2) is 0 Å². The molecule has 1 aliphatic heterocycles. The van der Waals surface area contributed by atoms with E-state index < -0.39 is 0 Å². The Morgan fingerprint density at radius 1 is 0.774 bits per heavy atom. The fraction of sp³-hybridized carbons (Fsp3) is 0.0800. The van der Waals surface area contributed by atoms with E-state index in [0.717, 1.165) is 16.9 Å². The van der Waals surface area contributed by atoms with E-state index in [1.54, 1.807) is 47.5 Å². The monoisotopic (exact) mass is 408 g/mol. The van der Waals surface area contributed by atoms with Crippen molar-refractivity contribution in [2.45, 2.75) is 13.1 Å². The Bertz CT molecular complexity index is 1250. The third-order valence-electron chi connectivity index (χ3n) is 5.40. The topological polar surface area (TPSA) is 67.2 Å². The summed E-state index contributed by atoms with van der Waals surface area (Å²) in [6.07, 6.45) is 1.76. The molecule has 0 aliphatic carbocycles. The molecule has 5 rings (SSSR count). The van der Waals surface area contributed by atoms with Crippen LogP contribution in [-0.4, -0.2) is 21.6 Å². The van der Waals surface area contributed by atoms with Crippen molar-refractivity contribution in [3.8, 4) is 0 Å². The number of hydrogen-bond acceptors (Lipinski definition) is 3. The Labute approximate surface area is 179 Å². The average molecular weight is 408 g/mol. The van der Waals surface area contributed by atoms with E-state index in [4.69, 9.17) is 0 Å². The molecule has 0 unspecified atom stereocenters. The normalized spacial score (nSPS) is 12.5. The number of amides is 2. The van der Waals surface area contributed by atoms with Crippen LogP contribution in [0.2, 0.25) is 0 Å². The average Bonchev–Trinajstić information content (AvgIpc) is 3.18. The fourth-order valence-corrected chi connectivity index (χ4v) is 3.78. The van der Waals surface area contributed by atoms with Crippen LogP contribution in [0.25, 0.3) is 0 Å². The Balaban J connectivity index is 1.39. The highest BCUT2D eigenvalue weighted by atomic mass is 16.2. The van der Waals surface area contributed by atoms with Crippen LogP contribution in [0.5, 0.6) is 0 Å².